The fourth-order valence-electron chi connectivity index (χ4n) is 4.22. The van der Waals surface area contributed by atoms with Gasteiger partial charge in [-0.15, -0.1) is 0 Å². The average molecular weight is 436 g/mol. The van der Waals surface area contributed by atoms with E-state index in [1.165, 1.54) is 0 Å². The van der Waals surface area contributed by atoms with Crippen LogP contribution in [-0.4, -0.2) is 49.8 Å². The van der Waals surface area contributed by atoms with Crippen molar-refractivity contribution in [2.24, 2.45) is 0 Å². The lowest BCUT2D eigenvalue weighted by Gasteiger charge is -2.28. The second-order valence-corrected chi connectivity index (χ2v) is 8.42. The number of aryl methyl sites for hydroxylation is 1. The summed E-state index contributed by atoms with van der Waals surface area (Å²) in [5, 5.41) is 25.8. The van der Waals surface area contributed by atoms with Crippen LogP contribution in [0.1, 0.15) is 53.3 Å². The van der Waals surface area contributed by atoms with E-state index in [1.54, 1.807) is 18.5 Å². The number of nitrogens with zero attached hydrogens (tertiary/aromatic N) is 2. The minimum Gasteiger partial charge on any atom is -0.394 e. The van der Waals surface area contributed by atoms with Crippen LogP contribution in [0, 0.1) is 6.92 Å². The maximum atomic E-state index is 12.8. The van der Waals surface area contributed by atoms with Crippen LogP contribution in [0.4, 0.5) is 5.95 Å². The maximum absolute atomic E-state index is 12.8. The Balaban J connectivity index is 1.52. The van der Waals surface area contributed by atoms with E-state index >= 15 is 0 Å². The molecular formula is C24H29N5O3. The molecule has 8 heteroatoms. The van der Waals surface area contributed by atoms with Gasteiger partial charge in [0, 0.05) is 18.0 Å². The first-order chi connectivity index (χ1) is 15.5. The van der Waals surface area contributed by atoms with Crippen LogP contribution in [0.25, 0.3) is 11.3 Å². The number of anilines is 1. The van der Waals surface area contributed by atoms with E-state index in [0.717, 1.165) is 42.4 Å². The third-order valence-electron chi connectivity index (χ3n) is 6.10. The molecule has 32 heavy (non-hydrogen) atoms. The molecule has 1 fully saturated rings. The van der Waals surface area contributed by atoms with Gasteiger partial charge in [0.15, 0.2) is 0 Å². The van der Waals surface area contributed by atoms with Gasteiger partial charge in [-0.2, -0.15) is 0 Å². The fourth-order valence-corrected chi connectivity index (χ4v) is 4.22. The summed E-state index contributed by atoms with van der Waals surface area (Å²) >= 11 is 0. The van der Waals surface area contributed by atoms with Gasteiger partial charge in [-0.3, -0.25) is 4.79 Å². The van der Waals surface area contributed by atoms with E-state index in [0.29, 0.717) is 17.3 Å². The molecule has 1 aliphatic rings. The van der Waals surface area contributed by atoms with Gasteiger partial charge in [0.2, 0.25) is 5.95 Å². The molecule has 168 valence electrons. The lowest BCUT2D eigenvalue weighted by molar-refractivity contribution is 0.0911. The monoisotopic (exact) mass is 435 g/mol. The van der Waals surface area contributed by atoms with Crippen LogP contribution >= 0.6 is 0 Å². The minimum absolute atomic E-state index is 0.0431. The third-order valence-corrected chi connectivity index (χ3v) is 6.10. The largest absolute Gasteiger partial charge is 0.394 e. The Morgan fingerprint density at radius 3 is 2.66 bits per heavy atom. The topological polar surface area (TPSA) is 123 Å². The lowest BCUT2D eigenvalue weighted by atomic mass is 9.99. The number of aromatic nitrogens is 3. The number of aromatic amines is 1. The zero-order valence-corrected chi connectivity index (χ0v) is 18.1. The van der Waals surface area contributed by atoms with E-state index in [4.69, 9.17) is 0 Å². The molecule has 2 aromatic heterocycles. The number of carbonyl (C=O) groups is 1. The summed E-state index contributed by atoms with van der Waals surface area (Å²) in [7, 11) is 0. The van der Waals surface area contributed by atoms with Gasteiger partial charge in [-0.05, 0) is 37.0 Å². The summed E-state index contributed by atoms with van der Waals surface area (Å²) in [6.07, 6.45) is 7.40. The first kappa shape index (κ1) is 22.0. The number of hydrogen-bond donors (Lipinski definition) is 5. The molecule has 8 nitrogen and oxygen atoms in total. The quantitative estimate of drug-likeness (QED) is 0.371. The van der Waals surface area contributed by atoms with Crippen molar-refractivity contribution < 1.29 is 15.0 Å². The Hall–Kier alpha value is -3.23. The predicted molar refractivity (Wildman–Crippen MR) is 122 cm³/mol. The highest BCUT2D eigenvalue weighted by Gasteiger charge is 2.34. The summed E-state index contributed by atoms with van der Waals surface area (Å²) < 4.78 is 0. The molecule has 1 atom stereocenters. The summed E-state index contributed by atoms with van der Waals surface area (Å²) in [6, 6.07) is 10.6. The second kappa shape index (κ2) is 9.50. The second-order valence-electron chi connectivity index (χ2n) is 8.42. The van der Waals surface area contributed by atoms with Crippen LogP contribution in [0.2, 0.25) is 0 Å². The molecule has 5 N–H and O–H groups in total. The molecule has 0 saturated heterocycles. The van der Waals surface area contributed by atoms with Gasteiger partial charge in [0.25, 0.3) is 5.91 Å². The van der Waals surface area contributed by atoms with Crippen molar-refractivity contribution in [3.05, 3.63) is 65.6 Å². The summed E-state index contributed by atoms with van der Waals surface area (Å²) in [5.74, 6) is 0.160. The first-order valence-corrected chi connectivity index (χ1v) is 10.9. The predicted octanol–water partition coefficient (Wildman–Crippen LogP) is 2.96. The Kier molecular flexibility index (Phi) is 6.53. The number of aliphatic hydroxyl groups excluding tert-OH is 2. The molecule has 0 radical (unpaired) electrons. The molecule has 1 aromatic carbocycles. The van der Waals surface area contributed by atoms with Crippen molar-refractivity contribution in [3.8, 4) is 11.3 Å². The van der Waals surface area contributed by atoms with Gasteiger partial charge in [0.05, 0.1) is 30.5 Å². The van der Waals surface area contributed by atoms with E-state index in [2.05, 4.69) is 25.6 Å². The smallest absolute Gasteiger partial charge is 0.268 e. The number of aliphatic hydroxyl groups is 2. The molecule has 0 aliphatic heterocycles. The van der Waals surface area contributed by atoms with Gasteiger partial charge in [-0.25, -0.2) is 9.97 Å². The minimum atomic E-state index is -0.492. The van der Waals surface area contributed by atoms with Crippen LogP contribution in [0.5, 0.6) is 0 Å². The Bertz CT molecular complexity index is 1060. The Morgan fingerprint density at radius 2 is 1.97 bits per heavy atom. The van der Waals surface area contributed by atoms with E-state index in [1.807, 2.05) is 37.3 Å². The highest BCUT2D eigenvalue weighted by Crippen LogP contribution is 2.32. The molecule has 0 bridgehead atoms. The molecule has 4 rings (SSSR count). The van der Waals surface area contributed by atoms with Gasteiger partial charge >= 0.3 is 0 Å². The number of nitrogens with one attached hydrogen (secondary N) is 3. The number of amides is 1. The van der Waals surface area contributed by atoms with Crippen LogP contribution in [-0.2, 0) is 0 Å². The number of hydrogen-bond acceptors (Lipinski definition) is 6. The first-order valence-electron chi connectivity index (χ1n) is 10.9. The zero-order chi connectivity index (χ0) is 22.6. The molecule has 1 saturated carbocycles. The van der Waals surface area contributed by atoms with Crippen molar-refractivity contribution in [1.29, 1.82) is 0 Å². The normalized spacial score (nSPS) is 16.0. The van der Waals surface area contributed by atoms with Crippen molar-refractivity contribution in [3.63, 3.8) is 0 Å². The van der Waals surface area contributed by atoms with Gasteiger partial charge < -0.3 is 25.8 Å². The molecular weight excluding hydrogens is 406 g/mol. The highest BCUT2D eigenvalue weighted by molar-refractivity contribution is 5.94. The number of benzene rings is 1. The number of rotatable bonds is 8. The lowest BCUT2D eigenvalue weighted by Crippen LogP contribution is -2.39. The fraction of sp³-hybridized carbons (Fsp3) is 0.375. The molecule has 3 aromatic rings. The molecule has 1 amide bonds. The molecule has 0 spiro atoms. The van der Waals surface area contributed by atoms with Gasteiger partial charge in [0.1, 0.15) is 5.69 Å². The molecule has 1 aliphatic carbocycles. The van der Waals surface area contributed by atoms with Crippen molar-refractivity contribution in [1.82, 2.24) is 20.3 Å². The summed E-state index contributed by atoms with van der Waals surface area (Å²) in [4.78, 5) is 24.8. The van der Waals surface area contributed by atoms with Crippen LogP contribution in [0.3, 0.4) is 0 Å². The van der Waals surface area contributed by atoms with Gasteiger partial charge in [-0.1, -0.05) is 43.2 Å². The molecule has 2 heterocycles. The maximum Gasteiger partial charge on any atom is 0.268 e. The van der Waals surface area contributed by atoms with Crippen molar-refractivity contribution in [2.75, 3.05) is 18.5 Å². The Morgan fingerprint density at radius 1 is 1.22 bits per heavy atom. The summed E-state index contributed by atoms with van der Waals surface area (Å²) in [6.45, 7) is 1.76. The van der Waals surface area contributed by atoms with Crippen LogP contribution in [0.15, 0.2) is 48.8 Å². The Labute approximate surface area is 187 Å². The summed E-state index contributed by atoms with van der Waals surface area (Å²) in [5.41, 5.74) is 3.20. The zero-order valence-electron chi connectivity index (χ0n) is 18.1. The standard InChI is InChI=1S/C24H29N5O3/c1-16-12-26-23(29-24(15-31)9-5-6-10-24)28-21(16)18-11-19(25-13-18)22(32)27-20(14-30)17-7-3-2-4-8-17/h2-4,7-8,11-13,20,25,30-31H,5-6,9-10,14-15H2,1H3,(H,27,32)(H,26,28,29)/t20-/m1/s1. The van der Waals surface area contributed by atoms with Crippen molar-refractivity contribution >= 4 is 11.9 Å². The van der Waals surface area contributed by atoms with Crippen molar-refractivity contribution in [2.45, 2.75) is 44.2 Å². The average Bonchev–Trinajstić information content (AvgIpc) is 3.50. The highest BCUT2D eigenvalue weighted by atomic mass is 16.3. The van der Waals surface area contributed by atoms with E-state index < -0.39 is 6.04 Å². The molecule has 0 unspecified atom stereocenters. The number of carbonyl (C=O) groups excluding carboxylic acids is 1. The van der Waals surface area contributed by atoms with Crippen LogP contribution < -0.4 is 10.6 Å². The van der Waals surface area contributed by atoms with E-state index in [9.17, 15) is 15.0 Å². The SMILES string of the molecule is Cc1cnc(NC2(CO)CCCC2)nc1-c1c[nH]c(C(=O)N[C@H](CO)c2ccccc2)c1. The third kappa shape index (κ3) is 4.66. The van der Waals surface area contributed by atoms with E-state index in [-0.39, 0.29) is 24.7 Å². The number of H-pyrrole nitrogens is 1.